The Bertz CT molecular complexity index is 1180. The monoisotopic (exact) mass is 531 g/mol. The van der Waals surface area contributed by atoms with Gasteiger partial charge in [0.2, 0.25) is 0 Å². The minimum absolute atomic E-state index is 0.0234. The highest BCUT2D eigenvalue weighted by Gasteiger charge is 2.48. The van der Waals surface area contributed by atoms with E-state index in [0.717, 1.165) is 23.4 Å². The Morgan fingerprint density at radius 1 is 1.24 bits per heavy atom. The second kappa shape index (κ2) is 10.7. The molecule has 37 heavy (non-hydrogen) atoms. The normalized spacial score (nSPS) is 20.9. The van der Waals surface area contributed by atoms with Crippen molar-refractivity contribution in [3.05, 3.63) is 53.6 Å². The largest absolute Gasteiger partial charge is 0.434 e. The minimum Gasteiger partial charge on any atom is -0.394 e. The van der Waals surface area contributed by atoms with Gasteiger partial charge >= 0.3 is 12.3 Å². The van der Waals surface area contributed by atoms with Crippen LogP contribution in [0.1, 0.15) is 25.2 Å². The maximum atomic E-state index is 14.3. The molecule has 2 aromatic rings. The van der Waals surface area contributed by atoms with Gasteiger partial charge in [-0.1, -0.05) is 0 Å². The first-order valence-corrected chi connectivity index (χ1v) is 10.8. The SMILES string of the molecule is CN=C(C)/C(=C(\N)C(=O)N1CC(F)(F)OC(C)C1CNc1cnc(C(F)(F)F)cn1)c1ccc(F)cn1. The van der Waals surface area contributed by atoms with Crippen molar-refractivity contribution in [3.63, 3.8) is 0 Å². The molecule has 3 rings (SSSR count). The molecule has 2 aromatic heterocycles. The van der Waals surface area contributed by atoms with Gasteiger partial charge < -0.3 is 20.7 Å². The summed E-state index contributed by atoms with van der Waals surface area (Å²) in [4.78, 5) is 29.0. The van der Waals surface area contributed by atoms with E-state index in [4.69, 9.17) is 10.5 Å². The summed E-state index contributed by atoms with van der Waals surface area (Å²) >= 11 is 0. The van der Waals surface area contributed by atoms with Gasteiger partial charge in [-0.05, 0) is 26.0 Å². The number of nitrogens with one attached hydrogen (secondary N) is 1. The van der Waals surface area contributed by atoms with Crippen LogP contribution in [0.3, 0.4) is 0 Å². The molecule has 0 saturated carbocycles. The third-order valence-corrected chi connectivity index (χ3v) is 5.53. The predicted molar refractivity (Wildman–Crippen MR) is 121 cm³/mol. The van der Waals surface area contributed by atoms with Crippen LogP contribution in [0.5, 0.6) is 0 Å². The number of alkyl halides is 5. The smallest absolute Gasteiger partial charge is 0.394 e. The highest BCUT2D eigenvalue weighted by molar-refractivity contribution is 6.27. The summed E-state index contributed by atoms with van der Waals surface area (Å²) in [5.74, 6) is -1.72. The number of nitrogens with two attached hydrogens (primary N) is 1. The molecule has 0 radical (unpaired) electrons. The molecule has 15 heteroatoms. The van der Waals surface area contributed by atoms with Crippen LogP contribution in [0.15, 0.2) is 41.4 Å². The van der Waals surface area contributed by atoms with Crippen molar-refractivity contribution in [2.24, 2.45) is 10.7 Å². The number of aliphatic imine (C=N–C) groups is 1. The Morgan fingerprint density at radius 3 is 2.49 bits per heavy atom. The number of anilines is 1. The number of allylic oxidation sites excluding steroid dienone is 1. The molecular formula is C22H23F6N7O2. The second-order valence-corrected chi connectivity index (χ2v) is 8.09. The standard InChI is InChI=1S/C22H23F6N7O2/c1-11(30-3)18(14-5-4-13(23)6-31-14)19(29)20(36)35-10-21(24,25)37-12(2)15(35)7-33-17-9-32-16(8-34-17)22(26,27)28/h4-6,8-9,12,15H,7,10,29H2,1-3H3,(H,33,34)/b19-18+,30-11?. The quantitative estimate of drug-likeness (QED) is 0.334. The van der Waals surface area contributed by atoms with Crippen molar-refractivity contribution in [1.29, 1.82) is 0 Å². The number of pyridine rings is 1. The Hall–Kier alpha value is -3.75. The first-order valence-electron chi connectivity index (χ1n) is 10.8. The van der Waals surface area contributed by atoms with Crippen LogP contribution in [0.2, 0.25) is 0 Å². The predicted octanol–water partition coefficient (Wildman–Crippen LogP) is 3.11. The number of rotatable bonds is 6. The van der Waals surface area contributed by atoms with E-state index in [2.05, 4.69) is 25.3 Å². The van der Waals surface area contributed by atoms with Crippen LogP contribution in [0.25, 0.3) is 5.57 Å². The van der Waals surface area contributed by atoms with Crippen LogP contribution in [0.4, 0.5) is 32.2 Å². The molecule has 9 nitrogen and oxygen atoms in total. The minimum atomic E-state index is -4.69. The summed E-state index contributed by atoms with van der Waals surface area (Å²) in [6.45, 7) is 1.42. The molecule has 1 aliphatic heterocycles. The van der Waals surface area contributed by atoms with Gasteiger partial charge in [-0.15, -0.1) is 0 Å². The fourth-order valence-corrected chi connectivity index (χ4v) is 3.65. The molecule has 1 saturated heterocycles. The van der Waals surface area contributed by atoms with E-state index < -0.39 is 54.1 Å². The third-order valence-electron chi connectivity index (χ3n) is 5.53. The highest BCUT2D eigenvalue weighted by Crippen LogP contribution is 2.31. The van der Waals surface area contributed by atoms with E-state index in [1.807, 2.05) is 0 Å². The molecule has 3 N–H and O–H groups in total. The van der Waals surface area contributed by atoms with E-state index >= 15 is 0 Å². The van der Waals surface area contributed by atoms with E-state index in [1.165, 1.54) is 27.0 Å². The Morgan fingerprint density at radius 2 is 1.95 bits per heavy atom. The number of amides is 1. The molecule has 0 spiro atoms. The van der Waals surface area contributed by atoms with Crippen molar-refractivity contribution >= 4 is 23.0 Å². The number of carbonyl (C=O) groups is 1. The molecule has 0 aromatic carbocycles. The number of hydrogen-bond donors (Lipinski definition) is 2. The van der Waals surface area contributed by atoms with Gasteiger partial charge in [0.15, 0.2) is 5.69 Å². The van der Waals surface area contributed by atoms with Gasteiger partial charge in [0, 0.05) is 24.9 Å². The summed E-state index contributed by atoms with van der Waals surface area (Å²) in [5.41, 5.74) is 4.82. The fourth-order valence-electron chi connectivity index (χ4n) is 3.65. The first-order chi connectivity index (χ1) is 17.2. The Labute approximate surface area is 207 Å². The number of ether oxygens (including phenoxy) is 1. The second-order valence-electron chi connectivity index (χ2n) is 8.09. The maximum Gasteiger partial charge on any atom is 0.434 e. The number of hydrogen-bond acceptors (Lipinski definition) is 8. The average Bonchev–Trinajstić information content (AvgIpc) is 2.83. The van der Waals surface area contributed by atoms with Gasteiger partial charge in [-0.2, -0.15) is 22.0 Å². The Balaban J connectivity index is 1.93. The summed E-state index contributed by atoms with van der Waals surface area (Å²) < 4.78 is 84.9. The zero-order valence-corrected chi connectivity index (χ0v) is 19.9. The molecule has 2 unspecified atom stereocenters. The fraction of sp³-hybridized carbons (Fsp3) is 0.409. The van der Waals surface area contributed by atoms with Gasteiger partial charge in [0.25, 0.3) is 5.91 Å². The van der Waals surface area contributed by atoms with Crippen LogP contribution in [-0.2, 0) is 15.7 Å². The van der Waals surface area contributed by atoms with Crippen molar-refractivity contribution in [1.82, 2.24) is 19.9 Å². The van der Waals surface area contributed by atoms with E-state index in [0.29, 0.717) is 6.20 Å². The molecule has 200 valence electrons. The molecule has 0 aliphatic carbocycles. The van der Waals surface area contributed by atoms with Crippen LogP contribution in [-0.4, -0.2) is 69.9 Å². The molecule has 1 fully saturated rings. The van der Waals surface area contributed by atoms with Gasteiger partial charge in [0.1, 0.15) is 23.9 Å². The molecule has 2 atom stereocenters. The van der Waals surface area contributed by atoms with Crippen molar-refractivity contribution in [3.8, 4) is 0 Å². The van der Waals surface area contributed by atoms with Crippen molar-refractivity contribution < 1.29 is 35.9 Å². The third kappa shape index (κ3) is 6.53. The lowest BCUT2D eigenvalue weighted by molar-refractivity contribution is -0.300. The number of aromatic nitrogens is 3. The lowest BCUT2D eigenvalue weighted by Gasteiger charge is -2.43. The average molecular weight is 531 g/mol. The summed E-state index contributed by atoms with van der Waals surface area (Å²) in [6, 6.07) is 1.31. The zero-order valence-electron chi connectivity index (χ0n) is 19.9. The van der Waals surface area contributed by atoms with Crippen LogP contribution >= 0.6 is 0 Å². The number of halogens is 6. The summed E-state index contributed by atoms with van der Waals surface area (Å²) in [6.07, 6.45) is -7.38. The number of nitrogens with zero attached hydrogens (tertiary/aromatic N) is 5. The molecule has 0 bridgehead atoms. The molecule has 1 amide bonds. The number of carbonyl (C=O) groups excluding carboxylic acids is 1. The lowest BCUT2D eigenvalue weighted by atomic mass is 10.0. The van der Waals surface area contributed by atoms with Crippen molar-refractivity contribution in [2.45, 2.75) is 38.3 Å². The summed E-state index contributed by atoms with van der Waals surface area (Å²) in [7, 11) is 1.42. The topological polar surface area (TPSA) is 119 Å². The maximum absolute atomic E-state index is 14.3. The summed E-state index contributed by atoms with van der Waals surface area (Å²) in [5, 5.41) is 2.68. The Kier molecular flexibility index (Phi) is 8.05. The van der Waals surface area contributed by atoms with Gasteiger partial charge in [-0.3, -0.25) is 14.8 Å². The van der Waals surface area contributed by atoms with Gasteiger partial charge in [0.05, 0.1) is 36.4 Å². The van der Waals surface area contributed by atoms with Crippen LogP contribution < -0.4 is 11.1 Å². The first kappa shape index (κ1) is 27.8. The van der Waals surface area contributed by atoms with Gasteiger partial charge in [-0.25, -0.2) is 14.4 Å². The van der Waals surface area contributed by atoms with Crippen molar-refractivity contribution in [2.75, 3.05) is 25.5 Å². The zero-order chi connectivity index (χ0) is 27.5. The van der Waals surface area contributed by atoms with Crippen LogP contribution in [0, 0.1) is 5.82 Å². The molecule has 3 heterocycles. The highest BCUT2D eigenvalue weighted by atomic mass is 19.4. The van der Waals surface area contributed by atoms with E-state index in [-0.39, 0.29) is 29.3 Å². The number of morpholine rings is 1. The molecular weight excluding hydrogens is 508 g/mol. The van der Waals surface area contributed by atoms with E-state index in [9.17, 15) is 31.1 Å². The van der Waals surface area contributed by atoms with E-state index in [1.54, 1.807) is 0 Å². The molecule has 1 aliphatic rings. The lowest BCUT2D eigenvalue weighted by Crippen LogP contribution is -2.61.